The molecule has 0 aliphatic heterocycles. The third-order valence-electron chi connectivity index (χ3n) is 4.40. The van der Waals surface area contributed by atoms with Gasteiger partial charge in [-0.15, -0.1) is 0 Å². The zero-order valence-corrected chi connectivity index (χ0v) is 7.90. The van der Waals surface area contributed by atoms with E-state index in [0.717, 1.165) is 17.3 Å². The van der Waals surface area contributed by atoms with Crippen molar-refractivity contribution < 1.29 is 0 Å². The molecule has 1 atom stereocenters. The molecule has 0 aromatic heterocycles. The van der Waals surface area contributed by atoms with E-state index in [2.05, 4.69) is 13.8 Å². The molecule has 0 spiro atoms. The summed E-state index contributed by atoms with van der Waals surface area (Å²) < 4.78 is 0. The fourth-order valence-corrected chi connectivity index (χ4v) is 3.32. The van der Waals surface area contributed by atoms with Crippen molar-refractivity contribution in [2.75, 3.05) is 0 Å². The number of rotatable bonds is 1. The van der Waals surface area contributed by atoms with Crippen molar-refractivity contribution in [3.63, 3.8) is 0 Å². The highest BCUT2D eigenvalue weighted by molar-refractivity contribution is 4.93. The lowest BCUT2D eigenvalue weighted by molar-refractivity contribution is 0.0130. The van der Waals surface area contributed by atoms with Gasteiger partial charge in [0.05, 0.1) is 0 Å². The Morgan fingerprint density at radius 1 is 1.18 bits per heavy atom. The largest absolute Gasteiger partial charge is 0.0649 e. The van der Waals surface area contributed by atoms with Crippen molar-refractivity contribution in [2.45, 2.75) is 52.4 Å². The first-order chi connectivity index (χ1) is 5.24. The Labute approximate surface area is 70.4 Å². The van der Waals surface area contributed by atoms with Crippen LogP contribution in [0.1, 0.15) is 52.4 Å². The zero-order chi connectivity index (χ0) is 7.90. The van der Waals surface area contributed by atoms with Crippen LogP contribution in [0, 0.1) is 17.3 Å². The minimum Gasteiger partial charge on any atom is -0.0649 e. The standard InChI is InChI=1S/C11H20/c1-3-11(2)8-9-4-6-10(11)7-5-9/h9-10H,3-8H2,1-2H3/t9?,10?,11-/m0/s1. The third kappa shape index (κ3) is 1.11. The number of hydrogen-bond acceptors (Lipinski definition) is 0. The van der Waals surface area contributed by atoms with Gasteiger partial charge in [-0.2, -0.15) is 0 Å². The van der Waals surface area contributed by atoms with Crippen LogP contribution in [0.2, 0.25) is 0 Å². The molecule has 3 aliphatic carbocycles. The first-order valence-electron chi connectivity index (χ1n) is 5.24. The SMILES string of the molecule is CC[C@@]1(C)CC2CCC1CC2. The van der Waals surface area contributed by atoms with Gasteiger partial charge in [0.25, 0.3) is 0 Å². The van der Waals surface area contributed by atoms with E-state index in [1.807, 2.05) is 0 Å². The van der Waals surface area contributed by atoms with Crippen LogP contribution in [0.25, 0.3) is 0 Å². The van der Waals surface area contributed by atoms with Gasteiger partial charge in [-0.05, 0) is 36.5 Å². The smallest absolute Gasteiger partial charge is 0.0298 e. The van der Waals surface area contributed by atoms with Gasteiger partial charge in [0.2, 0.25) is 0 Å². The maximum absolute atomic E-state index is 2.52. The summed E-state index contributed by atoms with van der Waals surface area (Å²) in [6.45, 7) is 4.89. The first-order valence-corrected chi connectivity index (χ1v) is 5.24. The van der Waals surface area contributed by atoms with E-state index in [1.54, 1.807) is 12.8 Å². The molecule has 0 unspecified atom stereocenters. The number of fused-ring (bicyclic) bond motifs is 3. The van der Waals surface area contributed by atoms with Crippen LogP contribution in [0.15, 0.2) is 0 Å². The van der Waals surface area contributed by atoms with Crippen LogP contribution in [0.4, 0.5) is 0 Å². The van der Waals surface area contributed by atoms with Crippen LogP contribution in [0.5, 0.6) is 0 Å². The van der Waals surface area contributed by atoms with Crippen LogP contribution in [-0.4, -0.2) is 0 Å². The summed E-state index contributed by atoms with van der Waals surface area (Å²) in [5.74, 6) is 2.18. The lowest BCUT2D eigenvalue weighted by Gasteiger charge is -2.50. The van der Waals surface area contributed by atoms with Crippen LogP contribution >= 0.6 is 0 Å². The fraction of sp³-hybridized carbons (Fsp3) is 1.00. The lowest BCUT2D eigenvalue weighted by atomic mass is 9.56. The van der Waals surface area contributed by atoms with E-state index < -0.39 is 0 Å². The van der Waals surface area contributed by atoms with E-state index in [0.29, 0.717) is 0 Å². The summed E-state index contributed by atoms with van der Waals surface area (Å²) in [4.78, 5) is 0. The molecule has 3 saturated carbocycles. The number of hydrogen-bond donors (Lipinski definition) is 0. The molecule has 0 heterocycles. The second-order valence-corrected chi connectivity index (χ2v) is 4.93. The minimum absolute atomic E-state index is 0.737. The van der Waals surface area contributed by atoms with Gasteiger partial charge in [0.1, 0.15) is 0 Å². The summed E-state index contributed by atoms with van der Waals surface area (Å²) in [7, 11) is 0. The molecule has 0 aromatic carbocycles. The molecule has 3 aliphatic rings. The fourth-order valence-electron chi connectivity index (χ4n) is 3.32. The van der Waals surface area contributed by atoms with Crippen molar-refractivity contribution >= 4 is 0 Å². The average Bonchev–Trinajstić information content (AvgIpc) is 2.06. The topological polar surface area (TPSA) is 0 Å². The molecule has 0 heteroatoms. The summed E-state index contributed by atoms with van der Waals surface area (Å²) >= 11 is 0. The van der Waals surface area contributed by atoms with Gasteiger partial charge in [0.15, 0.2) is 0 Å². The predicted octanol–water partition coefficient (Wildman–Crippen LogP) is 3.61. The molecule has 0 amide bonds. The molecule has 3 fully saturated rings. The molecule has 0 saturated heterocycles. The van der Waals surface area contributed by atoms with Gasteiger partial charge < -0.3 is 0 Å². The maximum atomic E-state index is 2.52. The monoisotopic (exact) mass is 152 g/mol. The highest BCUT2D eigenvalue weighted by Gasteiger charge is 2.42. The molecule has 0 radical (unpaired) electrons. The Morgan fingerprint density at radius 2 is 1.82 bits per heavy atom. The quantitative estimate of drug-likeness (QED) is 0.538. The predicted molar refractivity (Wildman–Crippen MR) is 48.5 cm³/mol. The summed E-state index contributed by atoms with van der Waals surface area (Å²) in [5, 5.41) is 0. The van der Waals surface area contributed by atoms with Gasteiger partial charge in [-0.25, -0.2) is 0 Å². The van der Waals surface area contributed by atoms with Crippen molar-refractivity contribution in [3.8, 4) is 0 Å². The normalized spacial score (nSPS) is 49.6. The highest BCUT2D eigenvalue weighted by Crippen LogP contribution is 2.53. The van der Waals surface area contributed by atoms with E-state index in [1.165, 1.54) is 25.7 Å². The average molecular weight is 152 g/mol. The zero-order valence-electron chi connectivity index (χ0n) is 7.90. The van der Waals surface area contributed by atoms with Crippen molar-refractivity contribution in [1.82, 2.24) is 0 Å². The highest BCUT2D eigenvalue weighted by atomic mass is 14.5. The Hall–Kier alpha value is 0. The van der Waals surface area contributed by atoms with E-state index in [-0.39, 0.29) is 0 Å². The van der Waals surface area contributed by atoms with E-state index >= 15 is 0 Å². The molecule has 0 aromatic rings. The second kappa shape index (κ2) is 2.50. The van der Waals surface area contributed by atoms with Crippen molar-refractivity contribution in [1.29, 1.82) is 0 Å². The Kier molecular flexibility index (Phi) is 1.74. The van der Waals surface area contributed by atoms with Crippen molar-refractivity contribution in [2.24, 2.45) is 17.3 Å². The first kappa shape index (κ1) is 7.64. The summed E-state index contributed by atoms with van der Waals surface area (Å²) in [6.07, 6.45) is 9.10. The van der Waals surface area contributed by atoms with Crippen LogP contribution < -0.4 is 0 Å². The van der Waals surface area contributed by atoms with Crippen molar-refractivity contribution in [3.05, 3.63) is 0 Å². The maximum Gasteiger partial charge on any atom is -0.0298 e. The molecular weight excluding hydrogens is 132 g/mol. The van der Waals surface area contributed by atoms with Crippen LogP contribution in [-0.2, 0) is 0 Å². The van der Waals surface area contributed by atoms with E-state index in [4.69, 9.17) is 0 Å². The molecular formula is C11H20. The second-order valence-electron chi connectivity index (χ2n) is 4.93. The van der Waals surface area contributed by atoms with Gasteiger partial charge in [-0.1, -0.05) is 33.1 Å². The lowest BCUT2D eigenvalue weighted by Crippen LogP contribution is -2.39. The Balaban J connectivity index is 2.13. The molecule has 3 rings (SSSR count). The van der Waals surface area contributed by atoms with Gasteiger partial charge in [0, 0.05) is 0 Å². The summed E-state index contributed by atoms with van der Waals surface area (Å²) in [5.41, 5.74) is 0.737. The van der Waals surface area contributed by atoms with E-state index in [9.17, 15) is 0 Å². The molecule has 11 heavy (non-hydrogen) atoms. The molecule has 64 valence electrons. The minimum atomic E-state index is 0.737. The Bertz CT molecular complexity index is 142. The van der Waals surface area contributed by atoms with Gasteiger partial charge in [-0.3, -0.25) is 0 Å². The van der Waals surface area contributed by atoms with Gasteiger partial charge >= 0.3 is 0 Å². The Morgan fingerprint density at radius 3 is 2.09 bits per heavy atom. The van der Waals surface area contributed by atoms with Crippen LogP contribution in [0.3, 0.4) is 0 Å². The third-order valence-corrected chi connectivity index (χ3v) is 4.40. The molecule has 0 nitrogen and oxygen atoms in total. The molecule has 0 N–H and O–H groups in total. The molecule has 2 bridgehead atoms. The summed E-state index contributed by atoms with van der Waals surface area (Å²) in [6, 6.07) is 0.